The van der Waals surface area contributed by atoms with Crippen molar-refractivity contribution in [1.29, 1.82) is 0 Å². The Kier molecular flexibility index (Phi) is 5.40. The second-order valence-corrected chi connectivity index (χ2v) is 8.34. The van der Waals surface area contributed by atoms with Gasteiger partial charge in [0, 0.05) is 17.6 Å². The highest BCUT2D eigenvalue weighted by atomic mass is 79.9. The largest absolute Gasteiger partial charge is 0.369 e. The van der Waals surface area contributed by atoms with Gasteiger partial charge in [-0.25, -0.2) is 8.42 Å². The molecule has 0 aromatic heterocycles. The maximum Gasteiger partial charge on any atom is 0.221 e. The molecule has 2 N–H and O–H groups in total. The first-order chi connectivity index (χ1) is 9.88. The molecule has 2 rings (SSSR count). The zero-order valence-electron chi connectivity index (χ0n) is 11.7. The number of rotatable bonds is 5. The van der Waals surface area contributed by atoms with Crippen LogP contribution in [-0.4, -0.2) is 44.6 Å². The van der Waals surface area contributed by atoms with Gasteiger partial charge in [0.2, 0.25) is 5.91 Å². The molecule has 116 valence electrons. The van der Waals surface area contributed by atoms with Gasteiger partial charge in [0.25, 0.3) is 0 Å². The van der Waals surface area contributed by atoms with Crippen LogP contribution >= 0.6 is 15.9 Å². The molecule has 0 unspecified atom stereocenters. The average molecular weight is 375 g/mol. The van der Waals surface area contributed by atoms with Crippen molar-refractivity contribution in [1.82, 2.24) is 4.90 Å². The molecule has 1 fully saturated rings. The molecule has 1 amide bonds. The molecule has 21 heavy (non-hydrogen) atoms. The molecular weight excluding hydrogens is 356 g/mol. The fourth-order valence-corrected chi connectivity index (χ4v) is 4.05. The standard InChI is InChI=1S/C14H19BrN2O3S/c15-12-3-5-13(6-4-12)21(19,20)9-8-17-7-1-2-11(10-17)14(16)18/h3-6,11H,1-2,7-10H2,(H2,16,18)/t11-/m0/s1. The molecule has 1 saturated heterocycles. The Morgan fingerprint density at radius 2 is 2.00 bits per heavy atom. The number of benzene rings is 1. The first-order valence-corrected chi connectivity index (χ1v) is 9.33. The maximum absolute atomic E-state index is 12.3. The number of nitrogens with zero attached hydrogens (tertiary/aromatic N) is 1. The predicted octanol–water partition coefficient (Wildman–Crippen LogP) is 1.42. The number of amides is 1. The number of hydrogen-bond acceptors (Lipinski definition) is 4. The molecule has 1 aliphatic heterocycles. The fourth-order valence-electron chi connectivity index (χ4n) is 2.50. The van der Waals surface area contributed by atoms with Gasteiger partial charge in [0.15, 0.2) is 9.84 Å². The molecule has 1 atom stereocenters. The Morgan fingerprint density at radius 3 is 2.62 bits per heavy atom. The quantitative estimate of drug-likeness (QED) is 0.844. The van der Waals surface area contributed by atoms with Crippen molar-refractivity contribution in [2.75, 3.05) is 25.4 Å². The minimum absolute atomic E-state index is 0.0557. The van der Waals surface area contributed by atoms with Gasteiger partial charge in [0.05, 0.1) is 16.6 Å². The Balaban J connectivity index is 1.95. The van der Waals surface area contributed by atoms with E-state index in [1.54, 1.807) is 24.3 Å². The smallest absolute Gasteiger partial charge is 0.221 e. The monoisotopic (exact) mass is 374 g/mol. The van der Waals surface area contributed by atoms with Crippen molar-refractivity contribution in [3.63, 3.8) is 0 Å². The van der Waals surface area contributed by atoms with Gasteiger partial charge >= 0.3 is 0 Å². The second-order valence-electron chi connectivity index (χ2n) is 5.31. The van der Waals surface area contributed by atoms with Crippen LogP contribution < -0.4 is 5.73 Å². The first kappa shape index (κ1) is 16.5. The summed E-state index contributed by atoms with van der Waals surface area (Å²) in [5, 5.41) is 0. The SMILES string of the molecule is NC(=O)[C@H]1CCCN(CCS(=O)(=O)c2ccc(Br)cc2)C1. The molecule has 1 aliphatic rings. The lowest BCUT2D eigenvalue weighted by molar-refractivity contribution is -0.123. The lowest BCUT2D eigenvalue weighted by Crippen LogP contribution is -2.42. The van der Waals surface area contributed by atoms with E-state index in [4.69, 9.17) is 5.73 Å². The van der Waals surface area contributed by atoms with E-state index in [-0.39, 0.29) is 17.6 Å². The third-order valence-corrected chi connectivity index (χ3v) is 6.00. The maximum atomic E-state index is 12.3. The topological polar surface area (TPSA) is 80.5 Å². The van der Waals surface area contributed by atoms with E-state index in [0.717, 1.165) is 23.9 Å². The van der Waals surface area contributed by atoms with E-state index in [0.29, 0.717) is 18.0 Å². The van der Waals surface area contributed by atoms with Gasteiger partial charge in [-0.3, -0.25) is 4.79 Å². The molecule has 5 nitrogen and oxygen atoms in total. The highest BCUT2D eigenvalue weighted by molar-refractivity contribution is 9.10. The van der Waals surface area contributed by atoms with Gasteiger partial charge in [-0.15, -0.1) is 0 Å². The molecule has 0 aliphatic carbocycles. The van der Waals surface area contributed by atoms with Crippen molar-refractivity contribution in [2.24, 2.45) is 11.7 Å². The number of primary amides is 1. The van der Waals surface area contributed by atoms with Crippen LogP contribution in [0.15, 0.2) is 33.6 Å². The van der Waals surface area contributed by atoms with Crippen molar-refractivity contribution in [2.45, 2.75) is 17.7 Å². The normalized spacial score (nSPS) is 20.3. The van der Waals surface area contributed by atoms with Crippen LogP contribution in [0.3, 0.4) is 0 Å². The van der Waals surface area contributed by atoms with Crippen molar-refractivity contribution < 1.29 is 13.2 Å². The van der Waals surface area contributed by atoms with E-state index in [9.17, 15) is 13.2 Å². The van der Waals surface area contributed by atoms with Crippen LogP contribution in [-0.2, 0) is 14.6 Å². The molecule has 1 aromatic rings. The van der Waals surface area contributed by atoms with E-state index in [2.05, 4.69) is 15.9 Å². The lowest BCUT2D eigenvalue weighted by atomic mass is 9.98. The summed E-state index contributed by atoms with van der Waals surface area (Å²) in [5.74, 6) is -0.398. The Morgan fingerprint density at radius 1 is 1.33 bits per heavy atom. The highest BCUT2D eigenvalue weighted by Gasteiger charge is 2.25. The van der Waals surface area contributed by atoms with Gasteiger partial charge in [-0.1, -0.05) is 15.9 Å². The third-order valence-electron chi connectivity index (χ3n) is 3.76. The zero-order chi connectivity index (χ0) is 15.5. The Bertz CT molecular complexity index is 601. The third kappa shape index (κ3) is 4.52. The van der Waals surface area contributed by atoms with Crippen LogP contribution in [0.5, 0.6) is 0 Å². The number of sulfone groups is 1. The average Bonchev–Trinajstić information content (AvgIpc) is 2.46. The van der Waals surface area contributed by atoms with E-state index >= 15 is 0 Å². The second kappa shape index (κ2) is 6.89. The Hall–Kier alpha value is -0.920. The summed E-state index contributed by atoms with van der Waals surface area (Å²) in [6.07, 6.45) is 1.68. The summed E-state index contributed by atoms with van der Waals surface area (Å²) in [7, 11) is -3.29. The zero-order valence-corrected chi connectivity index (χ0v) is 14.1. The first-order valence-electron chi connectivity index (χ1n) is 6.88. The highest BCUT2D eigenvalue weighted by Crippen LogP contribution is 2.18. The molecule has 1 heterocycles. The van der Waals surface area contributed by atoms with Gasteiger partial charge in [-0.2, -0.15) is 0 Å². The van der Waals surface area contributed by atoms with Crippen LogP contribution in [0.2, 0.25) is 0 Å². The van der Waals surface area contributed by atoms with Gasteiger partial charge in [0.1, 0.15) is 0 Å². The van der Waals surface area contributed by atoms with Gasteiger partial charge < -0.3 is 10.6 Å². The van der Waals surface area contributed by atoms with Crippen molar-refractivity contribution in [3.8, 4) is 0 Å². The minimum atomic E-state index is -3.29. The summed E-state index contributed by atoms with van der Waals surface area (Å²) < 4.78 is 25.4. The predicted molar refractivity (Wildman–Crippen MR) is 84.6 cm³/mol. The molecule has 1 aromatic carbocycles. The van der Waals surface area contributed by atoms with Crippen molar-refractivity contribution >= 4 is 31.7 Å². The summed E-state index contributed by atoms with van der Waals surface area (Å²) >= 11 is 3.29. The summed E-state index contributed by atoms with van der Waals surface area (Å²) in [6, 6.07) is 6.64. The number of piperidine rings is 1. The van der Waals surface area contributed by atoms with Crippen LogP contribution in [0, 0.1) is 5.92 Å². The van der Waals surface area contributed by atoms with E-state index in [1.807, 2.05) is 4.90 Å². The number of hydrogen-bond donors (Lipinski definition) is 1. The number of likely N-dealkylation sites (tertiary alicyclic amines) is 1. The molecule has 0 bridgehead atoms. The van der Waals surface area contributed by atoms with Crippen LogP contribution in [0.4, 0.5) is 0 Å². The molecule has 0 spiro atoms. The summed E-state index contributed by atoms with van der Waals surface area (Å²) in [6.45, 7) is 1.81. The van der Waals surface area contributed by atoms with Crippen LogP contribution in [0.1, 0.15) is 12.8 Å². The number of carbonyl (C=O) groups is 1. The van der Waals surface area contributed by atoms with Gasteiger partial charge in [-0.05, 0) is 43.7 Å². The lowest BCUT2D eigenvalue weighted by Gasteiger charge is -2.30. The number of halogens is 1. The van der Waals surface area contributed by atoms with E-state index < -0.39 is 9.84 Å². The molecule has 7 heteroatoms. The van der Waals surface area contributed by atoms with Crippen molar-refractivity contribution in [3.05, 3.63) is 28.7 Å². The summed E-state index contributed by atoms with van der Waals surface area (Å²) in [5.41, 5.74) is 5.33. The molecular formula is C14H19BrN2O3S. The number of carbonyl (C=O) groups excluding carboxylic acids is 1. The molecule has 0 radical (unpaired) electrons. The van der Waals surface area contributed by atoms with E-state index in [1.165, 1.54) is 0 Å². The minimum Gasteiger partial charge on any atom is -0.369 e. The summed E-state index contributed by atoms with van der Waals surface area (Å²) in [4.78, 5) is 13.6. The fraction of sp³-hybridized carbons (Fsp3) is 0.500. The molecule has 0 saturated carbocycles. The Labute approximate surface area is 133 Å². The van der Waals surface area contributed by atoms with Crippen LogP contribution in [0.25, 0.3) is 0 Å². The number of nitrogens with two attached hydrogens (primary N) is 1.